The van der Waals surface area contributed by atoms with Gasteiger partial charge >= 0.3 is 0 Å². The van der Waals surface area contributed by atoms with E-state index in [1.807, 2.05) is 24.3 Å². The summed E-state index contributed by atoms with van der Waals surface area (Å²) in [6, 6.07) is 7.56. The highest BCUT2D eigenvalue weighted by Gasteiger charge is 2.15. The summed E-state index contributed by atoms with van der Waals surface area (Å²) >= 11 is 0. The van der Waals surface area contributed by atoms with Gasteiger partial charge in [-0.05, 0) is 19.1 Å². The quantitative estimate of drug-likeness (QED) is 0.796. The van der Waals surface area contributed by atoms with Gasteiger partial charge in [-0.15, -0.1) is 0 Å². The minimum absolute atomic E-state index is 0.250. The van der Waals surface area contributed by atoms with E-state index in [1.54, 1.807) is 13.8 Å². The molecule has 108 valence electrons. The van der Waals surface area contributed by atoms with E-state index in [0.29, 0.717) is 36.2 Å². The number of nitrogens with one attached hydrogen (secondary N) is 1. The van der Waals surface area contributed by atoms with Gasteiger partial charge in [-0.3, -0.25) is 4.79 Å². The van der Waals surface area contributed by atoms with Crippen molar-refractivity contribution in [2.75, 3.05) is 6.54 Å². The van der Waals surface area contributed by atoms with Gasteiger partial charge in [0.2, 0.25) is 0 Å². The van der Waals surface area contributed by atoms with E-state index < -0.39 is 0 Å². The summed E-state index contributed by atoms with van der Waals surface area (Å²) in [6.07, 6.45) is 0.524. The Labute approximate surface area is 121 Å². The number of benzene rings is 1. The number of nitrogens with zero attached hydrogens (tertiary/aromatic N) is 2. The second-order valence-corrected chi connectivity index (χ2v) is 4.72. The van der Waals surface area contributed by atoms with Crippen LogP contribution < -0.4 is 5.32 Å². The molecule has 0 aliphatic carbocycles. The maximum absolute atomic E-state index is 12.0. The van der Waals surface area contributed by atoms with Crippen molar-refractivity contribution in [2.45, 2.75) is 20.3 Å². The van der Waals surface area contributed by atoms with E-state index in [2.05, 4.69) is 15.3 Å². The molecule has 2 aromatic heterocycles. The highest BCUT2D eigenvalue weighted by atomic mass is 16.4. The van der Waals surface area contributed by atoms with Crippen molar-refractivity contribution in [1.82, 2.24) is 15.3 Å². The number of carbonyl (C=O) groups excluding carboxylic acids is 1. The maximum atomic E-state index is 12.0. The number of aryl methyl sites for hydroxylation is 2. The van der Waals surface area contributed by atoms with Gasteiger partial charge in [0.05, 0.1) is 0 Å². The average Bonchev–Trinajstić information content (AvgIpc) is 3.01. The lowest BCUT2D eigenvalue weighted by Crippen LogP contribution is -2.26. The van der Waals surface area contributed by atoms with Crippen LogP contribution in [-0.4, -0.2) is 22.4 Å². The molecular weight excluding hydrogens is 270 g/mol. The van der Waals surface area contributed by atoms with Gasteiger partial charge in [0.25, 0.3) is 5.91 Å². The van der Waals surface area contributed by atoms with Crippen molar-refractivity contribution >= 4 is 17.0 Å². The maximum Gasteiger partial charge on any atom is 0.273 e. The summed E-state index contributed by atoms with van der Waals surface area (Å²) in [5.74, 6) is 1.36. The molecule has 1 amide bonds. The number of rotatable bonds is 4. The van der Waals surface area contributed by atoms with Crippen molar-refractivity contribution < 1.29 is 13.6 Å². The van der Waals surface area contributed by atoms with Crippen molar-refractivity contribution in [2.24, 2.45) is 0 Å². The zero-order valence-corrected chi connectivity index (χ0v) is 11.8. The van der Waals surface area contributed by atoms with Gasteiger partial charge in [0.1, 0.15) is 11.3 Å². The zero-order chi connectivity index (χ0) is 14.8. The third kappa shape index (κ3) is 2.79. The molecule has 0 radical (unpaired) electrons. The minimum atomic E-state index is -0.250. The lowest BCUT2D eigenvalue weighted by Gasteiger charge is -2.00. The Kier molecular flexibility index (Phi) is 3.43. The molecule has 0 aliphatic rings. The Balaban J connectivity index is 1.60. The van der Waals surface area contributed by atoms with E-state index in [-0.39, 0.29) is 5.91 Å². The van der Waals surface area contributed by atoms with E-state index in [0.717, 1.165) is 11.1 Å². The Hall–Kier alpha value is -2.63. The van der Waals surface area contributed by atoms with Crippen LogP contribution in [0.3, 0.4) is 0 Å². The van der Waals surface area contributed by atoms with Crippen LogP contribution in [0.4, 0.5) is 0 Å². The predicted molar refractivity (Wildman–Crippen MR) is 76.0 cm³/mol. The number of oxazole rings is 2. The summed E-state index contributed by atoms with van der Waals surface area (Å²) in [5.41, 5.74) is 1.90. The van der Waals surface area contributed by atoms with Crippen molar-refractivity contribution in [3.05, 3.63) is 47.5 Å². The second kappa shape index (κ2) is 5.40. The fourth-order valence-corrected chi connectivity index (χ4v) is 2.13. The third-order valence-electron chi connectivity index (χ3n) is 3.08. The van der Waals surface area contributed by atoms with Crippen LogP contribution in [0.5, 0.6) is 0 Å². The van der Waals surface area contributed by atoms with Crippen molar-refractivity contribution in [3.8, 4) is 0 Å². The Morgan fingerprint density at radius 2 is 2.00 bits per heavy atom. The number of amides is 1. The van der Waals surface area contributed by atoms with Crippen LogP contribution >= 0.6 is 0 Å². The molecule has 0 saturated heterocycles. The molecule has 0 bridgehead atoms. The van der Waals surface area contributed by atoms with E-state index in [1.165, 1.54) is 0 Å². The number of fused-ring (bicyclic) bond motifs is 1. The lowest BCUT2D eigenvalue weighted by molar-refractivity contribution is 0.0947. The second-order valence-electron chi connectivity index (χ2n) is 4.72. The molecule has 0 saturated carbocycles. The molecule has 2 heterocycles. The van der Waals surface area contributed by atoms with Crippen LogP contribution in [0, 0.1) is 13.8 Å². The molecule has 3 rings (SSSR count). The standard InChI is InChI=1S/C15H15N3O3/c1-9-14(17-10(2)20-9)15(19)16-8-7-13-18-11-5-3-4-6-12(11)21-13/h3-6H,7-8H2,1-2H3,(H,16,19). The lowest BCUT2D eigenvalue weighted by atomic mass is 10.3. The Morgan fingerprint density at radius 3 is 2.71 bits per heavy atom. The van der Waals surface area contributed by atoms with Crippen LogP contribution in [0.15, 0.2) is 33.1 Å². The molecule has 0 atom stereocenters. The normalized spacial score (nSPS) is 11.0. The molecule has 0 aliphatic heterocycles. The summed E-state index contributed by atoms with van der Waals surface area (Å²) in [5, 5.41) is 2.78. The molecule has 1 N–H and O–H groups in total. The summed E-state index contributed by atoms with van der Waals surface area (Å²) in [7, 11) is 0. The van der Waals surface area contributed by atoms with Crippen LogP contribution in [-0.2, 0) is 6.42 Å². The molecule has 3 aromatic rings. The molecule has 21 heavy (non-hydrogen) atoms. The predicted octanol–water partition coefficient (Wildman–Crippen LogP) is 2.41. The number of para-hydroxylation sites is 2. The molecule has 1 aromatic carbocycles. The number of hydrogen-bond donors (Lipinski definition) is 1. The first-order chi connectivity index (χ1) is 10.1. The van der Waals surface area contributed by atoms with Gasteiger partial charge in [0.15, 0.2) is 23.1 Å². The highest BCUT2D eigenvalue weighted by molar-refractivity contribution is 5.93. The van der Waals surface area contributed by atoms with E-state index in [9.17, 15) is 4.79 Å². The highest BCUT2D eigenvalue weighted by Crippen LogP contribution is 2.14. The molecule has 0 spiro atoms. The monoisotopic (exact) mass is 285 g/mol. The molecule has 0 unspecified atom stereocenters. The number of hydrogen-bond acceptors (Lipinski definition) is 5. The first-order valence-corrected chi connectivity index (χ1v) is 6.70. The Bertz CT molecular complexity index is 755. The first-order valence-electron chi connectivity index (χ1n) is 6.70. The Morgan fingerprint density at radius 1 is 1.19 bits per heavy atom. The summed E-state index contributed by atoms with van der Waals surface area (Å²) in [4.78, 5) is 20.4. The fourth-order valence-electron chi connectivity index (χ4n) is 2.13. The van der Waals surface area contributed by atoms with Gasteiger partial charge in [-0.2, -0.15) is 0 Å². The SMILES string of the molecule is Cc1nc(C(=O)NCCc2nc3ccccc3o2)c(C)o1. The molecule has 6 nitrogen and oxygen atoms in total. The number of carbonyl (C=O) groups is 1. The number of aromatic nitrogens is 2. The summed E-state index contributed by atoms with van der Waals surface area (Å²) in [6.45, 7) is 3.86. The minimum Gasteiger partial charge on any atom is -0.445 e. The van der Waals surface area contributed by atoms with Crippen molar-refractivity contribution in [1.29, 1.82) is 0 Å². The van der Waals surface area contributed by atoms with Crippen molar-refractivity contribution in [3.63, 3.8) is 0 Å². The average molecular weight is 285 g/mol. The largest absolute Gasteiger partial charge is 0.445 e. The molecule has 0 fully saturated rings. The fraction of sp³-hybridized carbons (Fsp3) is 0.267. The first kappa shape index (κ1) is 13.4. The van der Waals surface area contributed by atoms with Crippen LogP contribution in [0.25, 0.3) is 11.1 Å². The van der Waals surface area contributed by atoms with E-state index in [4.69, 9.17) is 8.83 Å². The van der Waals surface area contributed by atoms with Gasteiger partial charge < -0.3 is 14.2 Å². The van der Waals surface area contributed by atoms with Gasteiger partial charge in [-0.25, -0.2) is 9.97 Å². The van der Waals surface area contributed by atoms with Crippen LogP contribution in [0.1, 0.15) is 28.0 Å². The molecule has 6 heteroatoms. The van der Waals surface area contributed by atoms with Crippen LogP contribution in [0.2, 0.25) is 0 Å². The van der Waals surface area contributed by atoms with E-state index >= 15 is 0 Å². The smallest absolute Gasteiger partial charge is 0.273 e. The van der Waals surface area contributed by atoms with Gasteiger partial charge in [0, 0.05) is 19.9 Å². The van der Waals surface area contributed by atoms with Gasteiger partial charge in [-0.1, -0.05) is 12.1 Å². The molecular formula is C15H15N3O3. The zero-order valence-electron chi connectivity index (χ0n) is 11.8. The topological polar surface area (TPSA) is 81.2 Å². The third-order valence-corrected chi connectivity index (χ3v) is 3.08. The summed E-state index contributed by atoms with van der Waals surface area (Å²) < 4.78 is 10.8.